The number of aryl methyl sites for hydroxylation is 2. The molecule has 6 heteroatoms. The third-order valence-electron chi connectivity index (χ3n) is 2.38. The van der Waals surface area contributed by atoms with Crippen molar-refractivity contribution in [2.75, 3.05) is 5.32 Å². The first-order valence-corrected chi connectivity index (χ1v) is 4.99. The van der Waals surface area contributed by atoms with Gasteiger partial charge in [0.15, 0.2) is 0 Å². The van der Waals surface area contributed by atoms with Crippen molar-refractivity contribution in [2.45, 2.75) is 6.92 Å². The van der Waals surface area contributed by atoms with E-state index < -0.39 is 11.7 Å². The van der Waals surface area contributed by atoms with Crippen LogP contribution in [-0.4, -0.2) is 20.7 Å². The molecular weight excluding hydrogens is 223 g/mol. The molecule has 0 radical (unpaired) electrons. The summed E-state index contributed by atoms with van der Waals surface area (Å²) in [5.74, 6) is -0.532. The van der Waals surface area contributed by atoms with Crippen LogP contribution in [0.2, 0.25) is 0 Å². The van der Waals surface area contributed by atoms with Crippen LogP contribution >= 0.6 is 0 Å². The number of rotatable bonds is 2. The van der Waals surface area contributed by atoms with Gasteiger partial charge < -0.3 is 4.57 Å². The molecule has 0 saturated carbocycles. The number of anilines is 1. The SMILES string of the molecule is Cc1ccc(F)cc1C(=O)Nc1nncn1C. The van der Waals surface area contributed by atoms with E-state index in [2.05, 4.69) is 15.5 Å². The zero-order chi connectivity index (χ0) is 12.4. The minimum absolute atomic E-state index is 0.285. The first-order valence-electron chi connectivity index (χ1n) is 4.99. The highest BCUT2D eigenvalue weighted by Crippen LogP contribution is 2.12. The van der Waals surface area contributed by atoms with E-state index in [0.29, 0.717) is 11.5 Å². The quantitative estimate of drug-likeness (QED) is 0.856. The van der Waals surface area contributed by atoms with Crippen LogP contribution in [0.3, 0.4) is 0 Å². The largest absolute Gasteiger partial charge is 0.303 e. The normalized spacial score (nSPS) is 10.3. The topological polar surface area (TPSA) is 59.8 Å². The van der Waals surface area contributed by atoms with Gasteiger partial charge >= 0.3 is 0 Å². The Balaban J connectivity index is 2.26. The first-order chi connectivity index (χ1) is 8.08. The molecule has 0 fully saturated rings. The Bertz CT molecular complexity index is 564. The fraction of sp³-hybridized carbons (Fsp3) is 0.182. The lowest BCUT2D eigenvalue weighted by Gasteiger charge is -2.06. The Morgan fingerprint density at radius 2 is 2.24 bits per heavy atom. The number of hydrogen-bond donors (Lipinski definition) is 1. The van der Waals surface area contributed by atoms with Crippen molar-refractivity contribution in [3.63, 3.8) is 0 Å². The van der Waals surface area contributed by atoms with Gasteiger partial charge in [-0.1, -0.05) is 6.07 Å². The molecule has 88 valence electrons. The summed E-state index contributed by atoms with van der Waals surface area (Å²) < 4.78 is 14.6. The molecule has 0 bridgehead atoms. The molecule has 0 unspecified atom stereocenters. The van der Waals surface area contributed by atoms with Gasteiger partial charge in [-0.25, -0.2) is 4.39 Å². The molecule has 0 aliphatic heterocycles. The highest BCUT2D eigenvalue weighted by atomic mass is 19.1. The summed E-state index contributed by atoms with van der Waals surface area (Å²) in [6.45, 7) is 1.74. The van der Waals surface area contributed by atoms with E-state index in [0.717, 1.165) is 0 Å². The zero-order valence-corrected chi connectivity index (χ0v) is 9.44. The van der Waals surface area contributed by atoms with Crippen LogP contribution in [-0.2, 0) is 7.05 Å². The molecule has 0 aliphatic carbocycles. The molecule has 1 heterocycles. The summed E-state index contributed by atoms with van der Waals surface area (Å²) in [5.41, 5.74) is 0.985. The minimum Gasteiger partial charge on any atom is -0.303 e. The van der Waals surface area contributed by atoms with E-state index in [4.69, 9.17) is 0 Å². The predicted molar refractivity (Wildman–Crippen MR) is 60.1 cm³/mol. The Kier molecular flexibility index (Phi) is 2.86. The van der Waals surface area contributed by atoms with Crippen LogP contribution in [0.15, 0.2) is 24.5 Å². The average molecular weight is 234 g/mol. The van der Waals surface area contributed by atoms with Crippen molar-refractivity contribution in [3.05, 3.63) is 41.5 Å². The fourth-order valence-corrected chi connectivity index (χ4v) is 1.40. The zero-order valence-electron chi connectivity index (χ0n) is 9.44. The van der Waals surface area contributed by atoms with Gasteiger partial charge in [-0.2, -0.15) is 0 Å². The van der Waals surface area contributed by atoms with Gasteiger partial charge in [-0.3, -0.25) is 10.1 Å². The first kappa shape index (κ1) is 11.3. The van der Waals surface area contributed by atoms with Gasteiger partial charge in [0.25, 0.3) is 5.91 Å². The van der Waals surface area contributed by atoms with Crippen molar-refractivity contribution < 1.29 is 9.18 Å². The highest BCUT2D eigenvalue weighted by Gasteiger charge is 2.12. The van der Waals surface area contributed by atoms with Crippen LogP contribution < -0.4 is 5.32 Å². The highest BCUT2D eigenvalue weighted by molar-refractivity contribution is 6.04. The van der Waals surface area contributed by atoms with Crippen molar-refractivity contribution in [2.24, 2.45) is 7.05 Å². The van der Waals surface area contributed by atoms with E-state index in [1.807, 2.05) is 0 Å². The van der Waals surface area contributed by atoms with Gasteiger partial charge in [-0.15, -0.1) is 10.2 Å². The van der Waals surface area contributed by atoms with Crippen LogP contribution in [0.25, 0.3) is 0 Å². The number of carbonyl (C=O) groups is 1. The van der Waals surface area contributed by atoms with Crippen molar-refractivity contribution >= 4 is 11.9 Å². The van der Waals surface area contributed by atoms with E-state index in [-0.39, 0.29) is 5.56 Å². The van der Waals surface area contributed by atoms with Crippen LogP contribution in [0.4, 0.5) is 10.3 Å². The van der Waals surface area contributed by atoms with Gasteiger partial charge in [0.1, 0.15) is 12.1 Å². The number of aromatic nitrogens is 3. The van der Waals surface area contributed by atoms with Crippen molar-refractivity contribution in [3.8, 4) is 0 Å². The molecule has 17 heavy (non-hydrogen) atoms. The number of nitrogens with one attached hydrogen (secondary N) is 1. The molecule has 0 spiro atoms. The van der Waals surface area contributed by atoms with E-state index >= 15 is 0 Å². The number of hydrogen-bond acceptors (Lipinski definition) is 3. The molecule has 1 N–H and O–H groups in total. The van der Waals surface area contributed by atoms with Crippen LogP contribution in [0.5, 0.6) is 0 Å². The number of benzene rings is 1. The molecule has 1 amide bonds. The molecule has 1 aromatic carbocycles. The standard InChI is InChI=1S/C11H11FN4O/c1-7-3-4-8(12)5-9(7)10(17)14-11-15-13-6-16(11)2/h3-6H,1-2H3,(H,14,15,17). The molecule has 2 aromatic rings. The second-order valence-electron chi connectivity index (χ2n) is 3.68. The number of carbonyl (C=O) groups excluding carboxylic acids is 1. The lowest BCUT2D eigenvalue weighted by Crippen LogP contribution is -2.16. The van der Waals surface area contributed by atoms with Gasteiger partial charge in [0.2, 0.25) is 5.95 Å². The minimum atomic E-state index is -0.446. The van der Waals surface area contributed by atoms with Gasteiger partial charge in [0.05, 0.1) is 0 Å². The smallest absolute Gasteiger partial charge is 0.258 e. The van der Waals surface area contributed by atoms with Crippen LogP contribution in [0, 0.1) is 12.7 Å². The predicted octanol–water partition coefficient (Wildman–Crippen LogP) is 1.51. The van der Waals surface area contributed by atoms with E-state index in [9.17, 15) is 9.18 Å². The second-order valence-corrected chi connectivity index (χ2v) is 3.68. The maximum absolute atomic E-state index is 13.1. The molecule has 0 aliphatic rings. The lowest BCUT2D eigenvalue weighted by molar-refractivity contribution is 0.102. The molecule has 0 saturated heterocycles. The van der Waals surface area contributed by atoms with Gasteiger partial charge in [-0.05, 0) is 24.6 Å². The Morgan fingerprint density at radius 1 is 1.47 bits per heavy atom. The maximum Gasteiger partial charge on any atom is 0.258 e. The van der Waals surface area contributed by atoms with Crippen molar-refractivity contribution in [1.82, 2.24) is 14.8 Å². The summed E-state index contributed by atoms with van der Waals surface area (Å²) in [5, 5.41) is 9.91. The van der Waals surface area contributed by atoms with E-state index in [1.54, 1.807) is 24.6 Å². The third-order valence-corrected chi connectivity index (χ3v) is 2.38. The lowest BCUT2D eigenvalue weighted by atomic mass is 10.1. The number of nitrogens with zero attached hydrogens (tertiary/aromatic N) is 3. The van der Waals surface area contributed by atoms with Crippen molar-refractivity contribution in [1.29, 1.82) is 0 Å². The summed E-state index contributed by atoms with van der Waals surface area (Å²) in [4.78, 5) is 11.9. The molecular formula is C11H11FN4O. The van der Waals surface area contributed by atoms with E-state index in [1.165, 1.54) is 18.5 Å². The van der Waals surface area contributed by atoms with Gasteiger partial charge in [0, 0.05) is 12.6 Å². The number of halogens is 1. The Morgan fingerprint density at radius 3 is 2.88 bits per heavy atom. The number of amides is 1. The molecule has 2 rings (SSSR count). The Labute approximate surface area is 97.3 Å². The third kappa shape index (κ3) is 2.30. The second kappa shape index (κ2) is 4.32. The molecule has 1 aromatic heterocycles. The summed E-state index contributed by atoms with van der Waals surface area (Å²) in [6.07, 6.45) is 1.47. The Hall–Kier alpha value is -2.24. The maximum atomic E-state index is 13.1. The molecule has 5 nitrogen and oxygen atoms in total. The van der Waals surface area contributed by atoms with Crippen LogP contribution in [0.1, 0.15) is 15.9 Å². The summed E-state index contributed by atoms with van der Waals surface area (Å²) in [7, 11) is 1.70. The fourth-order valence-electron chi connectivity index (χ4n) is 1.40. The molecule has 0 atom stereocenters. The summed E-state index contributed by atoms with van der Waals surface area (Å²) >= 11 is 0. The average Bonchev–Trinajstić information content (AvgIpc) is 2.68. The summed E-state index contributed by atoms with van der Waals surface area (Å²) in [6, 6.07) is 4.07. The monoisotopic (exact) mass is 234 g/mol.